The lowest BCUT2D eigenvalue weighted by Gasteiger charge is -2.45. The summed E-state index contributed by atoms with van der Waals surface area (Å²) in [5.41, 5.74) is 4.36. The summed E-state index contributed by atoms with van der Waals surface area (Å²) >= 11 is 0. The average Bonchev–Trinajstić information content (AvgIpc) is 3.31. The van der Waals surface area contributed by atoms with Gasteiger partial charge in [-0.05, 0) is 70.7 Å². The minimum absolute atomic E-state index is 0.0697. The maximum Gasteiger partial charge on any atom is 0.224 e. The smallest absolute Gasteiger partial charge is 0.224 e. The minimum Gasteiger partial charge on any atom is -0.353 e. The monoisotopic (exact) mass is 393 g/mol. The van der Waals surface area contributed by atoms with E-state index in [1.54, 1.807) is 0 Å². The van der Waals surface area contributed by atoms with Gasteiger partial charge in [-0.3, -0.25) is 4.79 Å². The summed E-state index contributed by atoms with van der Waals surface area (Å²) in [5.74, 6) is 0.830. The molecule has 2 heterocycles. The molecule has 2 aliphatic carbocycles. The van der Waals surface area contributed by atoms with E-state index in [9.17, 15) is 4.79 Å². The second kappa shape index (κ2) is 6.87. The van der Waals surface area contributed by atoms with Crippen LogP contribution in [0.4, 0.5) is 0 Å². The van der Waals surface area contributed by atoms with Crippen LogP contribution in [0.15, 0.2) is 24.4 Å². The van der Waals surface area contributed by atoms with Gasteiger partial charge in [0.25, 0.3) is 0 Å². The molecule has 1 unspecified atom stereocenters. The van der Waals surface area contributed by atoms with Crippen LogP contribution in [-0.2, 0) is 16.8 Å². The van der Waals surface area contributed by atoms with E-state index in [0.29, 0.717) is 18.0 Å². The number of carbonyl (C=O) groups is 1. The molecule has 2 fully saturated rings. The molecule has 1 amide bonds. The van der Waals surface area contributed by atoms with Crippen molar-refractivity contribution in [1.29, 1.82) is 0 Å². The lowest BCUT2D eigenvalue weighted by Crippen LogP contribution is -2.52. The predicted molar refractivity (Wildman–Crippen MR) is 118 cm³/mol. The summed E-state index contributed by atoms with van der Waals surface area (Å²) in [7, 11) is 2.22. The molecule has 1 aromatic carbocycles. The molecular formula is C25H35N3O. The van der Waals surface area contributed by atoms with Crippen LogP contribution in [0.5, 0.6) is 0 Å². The third-order valence-electron chi connectivity index (χ3n) is 7.64. The number of hydrogen-bond acceptors (Lipinski definition) is 2. The van der Waals surface area contributed by atoms with Crippen molar-refractivity contribution in [2.75, 3.05) is 13.6 Å². The zero-order valence-corrected chi connectivity index (χ0v) is 18.4. The number of piperidine rings is 1. The SMILES string of the molecule is CN1C[C@H](C(=O)NC2CCCC2)CC2c3cccc4c3c(cn4C(C)(C)C)C[C@H]21. The van der Waals surface area contributed by atoms with Gasteiger partial charge >= 0.3 is 0 Å². The molecule has 4 nitrogen and oxygen atoms in total. The summed E-state index contributed by atoms with van der Waals surface area (Å²) in [4.78, 5) is 15.5. The number of hydrogen-bond donors (Lipinski definition) is 1. The van der Waals surface area contributed by atoms with Gasteiger partial charge in [0, 0.05) is 47.2 Å². The summed E-state index contributed by atoms with van der Waals surface area (Å²) in [6, 6.07) is 7.71. The molecule has 3 atom stereocenters. The van der Waals surface area contributed by atoms with Crippen LogP contribution < -0.4 is 5.32 Å². The first-order valence-corrected chi connectivity index (χ1v) is 11.5. The normalized spacial score (nSPS) is 27.9. The summed E-state index contributed by atoms with van der Waals surface area (Å²) in [6.07, 6.45) is 9.29. The molecule has 0 spiro atoms. The van der Waals surface area contributed by atoms with E-state index in [4.69, 9.17) is 0 Å². The fourth-order valence-electron chi connectivity index (χ4n) is 6.18. The lowest BCUT2D eigenvalue weighted by molar-refractivity contribution is -0.128. The van der Waals surface area contributed by atoms with Crippen molar-refractivity contribution in [3.8, 4) is 0 Å². The maximum absolute atomic E-state index is 13.1. The molecular weight excluding hydrogens is 358 g/mol. The van der Waals surface area contributed by atoms with Gasteiger partial charge < -0.3 is 14.8 Å². The molecule has 4 heteroatoms. The van der Waals surface area contributed by atoms with Crippen molar-refractivity contribution >= 4 is 16.8 Å². The van der Waals surface area contributed by atoms with Gasteiger partial charge in [0.2, 0.25) is 5.91 Å². The van der Waals surface area contributed by atoms with Crippen molar-refractivity contribution < 1.29 is 4.79 Å². The van der Waals surface area contributed by atoms with E-state index in [2.05, 4.69) is 67.0 Å². The zero-order chi connectivity index (χ0) is 20.3. The second-order valence-electron chi connectivity index (χ2n) is 10.7. The van der Waals surface area contributed by atoms with Gasteiger partial charge in [-0.1, -0.05) is 25.0 Å². The highest BCUT2D eigenvalue weighted by Crippen LogP contribution is 2.45. The number of nitrogens with zero attached hydrogens (tertiary/aromatic N) is 2. The Morgan fingerprint density at radius 3 is 2.66 bits per heavy atom. The summed E-state index contributed by atoms with van der Waals surface area (Å²) in [6.45, 7) is 7.72. The second-order valence-corrected chi connectivity index (χ2v) is 10.7. The molecule has 2 aromatic rings. The maximum atomic E-state index is 13.1. The van der Waals surface area contributed by atoms with Gasteiger partial charge in [0.15, 0.2) is 0 Å². The number of aromatic nitrogens is 1. The van der Waals surface area contributed by atoms with Crippen LogP contribution in [0.2, 0.25) is 0 Å². The van der Waals surface area contributed by atoms with Crippen LogP contribution in [0.25, 0.3) is 10.9 Å². The molecule has 1 saturated carbocycles. The van der Waals surface area contributed by atoms with Crippen LogP contribution in [0.1, 0.15) is 69.9 Å². The predicted octanol–water partition coefficient (Wildman–Crippen LogP) is 4.42. The molecule has 29 heavy (non-hydrogen) atoms. The minimum atomic E-state index is 0.0697. The standard InChI is InChI=1S/C25H35N3O/c1-25(2,3)28-15-16-13-22-20(19-10-7-11-21(28)23(16)19)12-17(14-27(22)4)24(29)26-18-8-5-6-9-18/h7,10-11,15,17-18,20,22H,5-6,8-9,12-14H2,1-4H3,(H,26,29)/t17-,20?,22-/m1/s1. The van der Waals surface area contributed by atoms with E-state index >= 15 is 0 Å². The highest BCUT2D eigenvalue weighted by molar-refractivity contribution is 5.89. The highest BCUT2D eigenvalue weighted by atomic mass is 16.2. The van der Waals surface area contributed by atoms with E-state index in [-0.39, 0.29) is 17.4 Å². The van der Waals surface area contributed by atoms with E-state index in [1.807, 2.05) is 0 Å². The quantitative estimate of drug-likeness (QED) is 0.820. The number of benzene rings is 1. The van der Waals surface area contributed by atoms with Crippen molar-refractivity contribution in [3.63, 3.8) is 0 Å². The largest absolute Gasteiger partial charge is 0.353 e. The summed E-state index contributed by atoms with van der Waals surface area (Å²) in [5, 5.41) is 4.82. The van der Waals surface area contributed by atoms with Crippen LogP contribution in [0, 0.1) is 5.92 Å². The Morgan fingerprint density at radius 1 is 1.17 bits per heavy atom. The molecule has 1 saturated heterocycles. The first-order valence-electron chi connectivity index (χ1n) is 11.5. The van der Waals surface area contributed by atoms with Crippen LogP contribution >= 0.6 is 0 Å². The lowest BCUT2D eigenvalue weighted by atomic mass is 9.72. The van der Waals surface area contributed by atoms with Crippen molar-refractivity contribution in [1.82, 2.24) is 14.8 Å². The summed E-state index contributed by atoms with van der Waals surface area (Å²) < 4.78 is 2.45. The van der Waals surface area contributed by atoms with Crippen molar-refractivity contribution in [2.45, 2.75) is 82.8 Å². The van der Waals surface area contributed by atoms with Gasteiger partial charge in [0.1, 0.15) is 0 Å². The third-order valence-corrected chi connectivity index (χ3v) is 7.64. The number of carbonyl (C=O) groups excluding carboxylic acids is 1. The molecule has 1 N–H and O–H groups in total. The Morgan fingerprint density at radius 2 is 1.93 bits per heavy atom. The number of likely N-dealkylation sites (N-methyl/N-ethyl adjacent to an activating group) is 1. The van der Waals surface area contributed by atoms with E-state index in [0.717, 1.165) is 32.2 Å². The fourth-order valence-corrected chi connectivity index (χ4v) is 6.18. The third kappa shape index (κ3) is 3.20. The van der Waals surface area contributed by atoms with Gasteiger partial charge in [0.05, 0.1) is 5.92 Å². The van der Waals surface area contributed by atoms with Crippen molar-refractivity contribution in [3.05, 3.63) is 35.5 Å². The Balaban J connectivity index is 1.48. The van der Waals surface area contributed by atoms with E-state index < -0.39 is 0 Å². The Bertz CT molecular complexity index is 931. The average molecular weight is 394 g/mol. The van der Waals surface area contributed by atoms with Crippen LogP contribution in [0.3, 0.4) is 0 Å². The molecule has 5 rings (SSSR count). The topological polar surface area (TPSA) is 37.3 Å². The van der Waals surface area contributed by atoms with Gasteiger partial charge in [-0.15, -0.1) is 0 Å². The molecule has 1 aromatic heterocycles. The fraction of sp³-hybridized carbons (Fsp3) is 0.640. The van der Waals surface area contributed by atoms with Gasteiger partial charge in [-0.25, -0.2) is 0 Å². The highest BCUT2D eigenvalue weighted by Gasteiger charge is 2.42. The Kier molecular flexibility index (Phi) is 4.54. The number of nitrogens with one attached hydrogen (secondary N) is 1. The molecule has 0 bridgehead atoms. The van der Waals surface area contributed by atoms with Crippen LogP contribution in [-0.4, -0.2) is 41.1 Å². The zero-order valence-electron chi connectivity index (χ0n) is 18.4. The molecule has 156 valence electrons. The number of likely N-dealkylation sites (tertiary alicyclic amines) is 1. The first kappa shape index (κ1) is 19.2. The Hall–Kier alpha value is -1.81. The van der Waals surface area contributed by atoms with Gasteiger partial charge in [-0.2, -0.15) is 0 Å². The first-order chi connectivity index (χ1) is 13.8. The number of amides is 1. The molecule has 3 aliphatic rings. The number of fused-ring (bicyclic) bond motifs is 2. The molecule has 1 aliphatic heterocycles. The van der Waals surface area contributed by atoms with Crippen molar-refractivity contribution in [2.24, 2.45) is 5.92 Å². The molecule has 0 radical (unpaired) electrons. The Labute approximate surface area is 174 Å². The number of rotatable bonds is 2. The van der Waals surface area contributed by atoms with E-state index in [1.165, 1.54) is 34.9 Å².